The number of thioether (sulfide) groups is 8. The topological polar surface area (TPSA) is 105 Å². The van der Waals surface area contributed by atoms with Crippen molar-refractivity contribution in [3.8, 4) is 0 Å². The molecule has 0 amide bonds. The van der Waals surface area contributed by atoms with E-state index in [1.165, 1.54) is 84.0 Å². The van der Waals surface area contributed by atoms with Gasteiger partial charge in [-0.25, -0.2) is 19.2 Å². The maximum Gasteiger partial charge on any atom is 0.345 e. The zero-order valence-corrected chi connectivity index (χ0v) is 26.3. The summed E-state index contributed by atoms with van der Waals surface area (Å²) < 4.78 is 21.6. The molecule has 4 heterocycles. The number of ether oxygens (including phenoxy) is 4. The number of hydrogen-bond acceptors (Lipinski definition) is 16. The molecule has 37 heavy (non-hydrogen) atoms. The quantitative estimate of drug-likeness (QED) is 0.258. The summed E-state index contributed by atoms with van der Waals surface area (Å²) >= 11 is 12.1. The van der Waals surface area contributed by atoms with Gasteiger partial charge in [-0.15, -0.1) is 47.0 Å². The monoisotopic (exact) mass is 656 g/mol. The molecule has 0 N–H and O–H groups in total. The molecular formula is C21H20O8S8. The van der Waals surface area contributed by atoms with Gasteiger partial charge in [-0.2, -0.15) is 0 Å². The lowest BCUT2D eigenvalue weighted by atomic mass is 10.4. The summed E-state index contributed by atoms with van der Waals surface area (Å²) in [5.41, 5.74) is 0. The smallest absolute Gasteiger partial charge is 0.345 e. The van der Waals surface area contributed by atoms with Crippen LogP contribution in [0.3, 0.4) is 0 Å². The lowest BCUT2D eigenvalue weighted by molar-refractivity contribution is -0.138. The van der Waals surface area contributed by atoms with Crippen molar-refractivity contribution in [3.63, 3.8) is 0 Å². The maximum atomic E-state index is 12.4. The number of rotatable bonds is 7. The first-order valence-electron chi connectivity index (χ1n) is 10.4. The van der Waals surface area contributed by atoms with Crippen LogP contribution in [0.15, 0.2) is 37.9 Å². The fourth-order valence-corrected chi connectivity index (χ4v) is 15.3. The molecule has 1 fully saturated rings. The standard InChI is InChI=1S/C21H20O8S8/c1-26-15(22)11-12(16(23)27-2)34-9(33-11)7-8-10(35-21(32-8)20-30-5-6-31-20)19-36-13(17(24)28-3)14(37-19)18(25)29-4/h9,19H,5-7H2,1-4H3. The van der Waals surface area contributed by atoms with Gasteiger partial charge in [-0.05, 0) is 0 Å². The molecule has 0 aromatic rings. The molecule has 4 rings (SSSR count). The molecule has 0 radical (unpaired) electrons. The first kappa shape index (κ1) is 29.6. The van der Waals surface area contributed by atoms with Gasteiger partial charge in [0.15, 0.2) is 0 Å². The van der Waals surface area contributed by atoms with Crippen LogP contribution in [-0.2, 0) is 38.1 Å². The van der Waals surface area contributed by atoms with Gasteiger partial charge in [0.2, 0.25) is 0 Å². The van der Waals surface area contributed by atoms with Crippen molar-refractivity contribution in [1.82, 2.24) is 0 Å². The van der Waals surface area contributed by atoms with Gasteiger partial charge < -0.3 is 18.9 Å². The highest BCUT2D eigenvalue weighted by atomic mass is 32.2. The Morgan fingerprint density at radius 2 is 1.08 bits per heavy atom. The van der Waals surface area contributed by atoms with Crippen LogP contribution in [0.25, 0.3) is 0 Å². The average molecular weight is 657 g/mol. The van der Waals surface area contributed by atoms with E-state index in [4.69, 9.17) is 18.9 Å². The van der Waals surface area contributed by atoms with Crippen LogP contribution in [0.1, 0.15) is 6.42 Å². The van der Waals surface area contributed by atoms with E-state index < -0.39 is 23.9 Å². The third kappa shape index (κ3) is 6.52. The maximum absolute atomic E-state index is 12.4. The van der Waals surface area contributed by atoms with Crippen LogP contribution in [0.2, 0.25) is 0 Å². The molecule has 0 atom stereocenters. The Morgan fingerprint density at radius 3 is 1.51 bits per heavy atom. The molecule has 1 saturated heterocycles. The number of carbonyl (C=O) groups excluding carboxylic acids is 4. The predicted molar refractivity (Wildman–Crippen MR) is 159 cm³/mol. The fourth-order valence-electron chi connectivity index (χ4n) is 3.19. The Hall–Kier alpha value is -0.360. The lowest BCUT2D eigenvalue weighted by Gasteiger charge is -2.14. The minimum atomic E-state index is -0.574. The molecule has 4 aliphatic heterocycles. The molecule has 0 unspecified atom stereocenters. The Kier molecular flexibility index (Phi) is 10.7. The second kappa shape index (κ2) is 13.3. The van der Waals surface area contributed by atoms with Crippen LogP contribution in [0.5, 0.6) is 0 Å². The highest BCUT2D eigenvalue weighted by molar-refractivity contribution is 8.34. The Balaban J connectivity index is 1.62. The SMILES string of the molecule is COC(=O)C1=C(C(=O)OC)SC(CC2=C(C3SC(C(=O)OC)=C(C(=O)OC)S3)SC(=C3SCCS3)S2)S1. The zero-order valence-electron chi connectivity index (χ0n) is 19.8. The van der Waals surface area contributed by atoms with Crippen molar-refractivity contribution in [2.45, 2.75) is 15.6 Å². The summed E-state index contributed by atoms with van der Waals surface area (Å²) in [7, 11) is 5.12. The zero-order chi connectivity index (χ0) is 26.7. The van der Waals surface area contributed by atoms with Crippen LogP contribution in [0, 0.1) is 0 Å². The molecule has 0 saturated carbocycles. The molecule has 0 spiro atoms. The van der Waals surface area contributed by atoms with Gasteiger partial charge in [0, 0.05) is 27.7 Å². The number of carbonyl (C=O) groups is 4. The highest BCUT2D eigenvalue weighted by Gasteiger charge is 2.43. The molecule has 8 nitrogen and oxygen atoms in total. The second-order valence-corrected chi connectivity index (χ2v) is 17.1. The van der Waals surface area contributed by atoms with Crippen molar-refractivity contribution in [3.05, 3.63) is 37.9 Å². The summed E-state index contributed by atoms with van der Waals surface area (Å²) in [4.78, 5) is 52.6. The van der Waals surface area contributed by atoms with Crippen LogP contribution >= 0.6 is 94.1 Å². The van der Waals surface area contributed by atoms with E-state index in [1.54, 1.807) is 23.5 Å². The van der Waals surface area contributed by atoms with E-state index in [2.05, 4.69) is 0 Å². The molecular weight excluding hydrogens is 637 g/mol. The number of hydrogen-bond donors (Lipinski definition) is 0. The van der Waals surface area contributed by atoms with Gasteiger partial charge in [0.25, 0.3) is 0 Å². The number of esters is 4. The predicted octanol–water partition coefficient (Wildman–Crippen LogP) is 5.40. The minimum absolute atomic E-state index is 0.154. The van der Waals surface area contributed by atoms with E-state index >= 15 is 0 Å². The Labute approximate surface area is 247 Å². The van der Waals surface area contributed by atoms with E-state index in [9.17, 15) is 19.2 Å². The molecule has 0 aromatic heterocycles. The Morgan fingerprint density at radius 1 is 0.649 bits per heavy atom. The van der Waals surface area contributed by atoms with E-state index in [-0.39, 0.29) is 28.8 Å². The molecule has 4 aliphatic rings. The first-order chi connectivity index (χ1) is 17.8. The van der Waals surface area contributed by atoms with Gasteiger partial charge in [-0.1, -0.05) is 47.0 Å². The van der Waals surface area contributed by atoms with E-state index in [0.29, 0.717) is 6.42 Å². The molecule has 200 valence electrons. The van der Waals surface area contributed by atoms with Crippen molar-refractivity contribution < 1.29 is 38.1 Å². The van der Waals surface area contributed by atoms with E-state index in [0.717, 1.165) is 21.3 Å². The summed E-state index contributed by atoms with van der Waals surface area (Å²) in [5.74, 6) is -0.189. The molecule has 0 aromatic carbocycles. The normalized spacial score (nSPS) is 20.9. The second-order valence-electron chi connectivity index (χ2n) is 6.98. The minimum Gasteiger partial charge on any atom is -0.465 e. The van der Waals surface area contributed by atoms with Gasteiger partial charge in [0.05, 0.1) is 46.1 Å². The van der Waals surface area contributed by atoms with Crippen molar-refractivity contribution >= 4 is 118 Å². The van der Waals surface area contributed by atoms with Crippen LogP contribution < -0.4 is 0 Å². The van der Waals surface area contributed by atoms with E-state index in [1.807, 2.05) is 23.5 Å². The van der Waals surface area contributed by atoms with Crippen molar-refractivity contribution in [2.75, 3.05) is 39.9 Å². The summed E-state index contributed by atoms with van der Waals surface area (Å²) in [6.07, 6.45) is 0.564. The number of allylic oxidation sites excluding steroid dienone is 1. The first-order valence-corrected chi connectivity index (χ1v) is 17.5. The average Bonchev–Trinajstić information content (AvgIpc) is 3.71. The third-order valence-corrected chi connectivity index (χ3v) is 16.7. The fraction of sp³-hybridized carbons (Fsp3) is 0.429. The molecule has 0 bridgehead atoms. The summed E-state index contributed by atoms with van der Waals surface area (Å²) in [6.45, 7) is 0. The van der Waals surface area contributed by atoms with Crippen LogP contribution in [0.4, 0.5) is 0 Å². The summed E-state index contributed by atoms with van der Waals surface area (Å²) in [6, 6.07) is 0. The van der Waals surface area contributed by atoms with Crippen molar-refractivity contribution in [2.24, 2.45) is 0 Å². The molecule has 0 aliphatic carbocycles. The largest absolute Gasteiger partial charge is 0.465 e. The lowest BCUT2D eigenvalue weighted by Crippen LogP contribution is -2.08. The third-order valence-electron chi connectivity index (χ3n) is 4.82. The van der Waals surface area contributed by atoms with Gasteiger partial charge in [0.1, 0.15) is 19.6 Å². The van der Waals surface area contributed by atoms with Gasteiger partial charge >= 0.3 is 23.9 Å². The Bertz CT molecular complexity index is 1090. The highest BCUT2D eigenvalue weighted by Crippen LogP contribution is 2.64. The number of methoxy groups -OCH3 is 4. The van der Waals surface area contributed by atoms with Crippen LogP contribution in [-0.4, -0.2) is 73.0 Å². The summed E-state index contributed by atoms with van der Waals surface area (Å²) in [5, 5.41) is 0. The van der Waals surface area contributed by atoms with Crippen molar-refractivity contribution in [1.29, 1.82) is 0 Å². The molecule has 16 heteroatoms. The van der Waals surface area contributed by atoms with Gasteiger partial charge in [-0.3, -0.25) is 0 Å².